The summed E-state index contributed by atoms with van der Waals surface area (Å²) in [6, 6.07) is 0. The molecule has 0 aromatic rings. The normalized spacial score (nSPS) is 18.5. The molecule has 0 saturated carbocycles. The van der Waals surface area contributed by atoms with Crippen molar-refractivity contribution >= 4 is 11.9 Å². The van der Waals surface area contributed by atoms with Gasteiger partial charge in [0, 0.05) is 7.11 Å². The Morgan fingerprint density at radius 1 is 1.27 bits per heavy atom. The molecule has 7 nitrogen and oxygen atoms in total. The van der Waals surface area contributed by atoms with E-state index in [1.165, 1.54) is 21.0 Å². The molecule has 88 valence electrons. The SMILES string of the molecule is COC(=O)N[C@](N)(C(C)=O)C(C)(N)OC. The van der Waals surface area contributed by atoms with Gasteiger partial charge in [-0.3, -0.25) is 15.8 Å². The van der Waals surface area contributed by atoms with E-state index in [0.717, 1.165) is 7.11 Å². The first-order valence-corrected chi connectivity index (χ1v) is 4.21. The summed E-state index contributed by atoms with van der Waals surface area (Å²) in [6.45, 7) is 2.57. The fourth-order valence-electron chi connectivity index (χ4n) is 0.935. The summed E-state index contributed by atoms with van der Waals surface area (Å²) < 4.78 is 9.21. The molecular weight excluding hydrogens is 202 g/mol. The monoisotopic (exact) mass is 219 g/mol. The van der Waals surface area contributed by atoms with Crippen LogP contribution in [0.2, 0.25) is 0 Å². The second kappa shape index (κ2) is 4.56. The van der Waals surface area contributed by atoms with E-state index >= 15 is 0 Å². The van der Waals surface area contributed by atoms with E-state index in [2.05, 4.69) is 10.1 Å². The van der Waals surface area contributed by atoms with Crippen LogP contribution in [0.3, 0.4) is 0 Å². The second-order valence-electron chi connectivity index (χ2n) is 3.29. The molecule has 15 heavy (non-hydrogen) atoms. The summed E-state index contributed by atoms with van der Waals surface area (Å²) in [4.78, 5) is 22.4. The highest BCUT2D eigenvalue weighted by molar-refractivity contribution is 5.90. The highest BCUT2D eigenvalue weighted by Gasteiger charge is 2.49. The number of hydrogen-bond donors (Lipinski definition) is 3. The van der Waals surface area contributed by atoms with Gasteiger partial charge in [0.1, 0.15) is 0 Å². The average molecular weight is 219 g/mol. The minimum absolute atomic E-state index is 0.542. The number of hydrogen-bond acceptors (Lipinski definition) is 6. The Morgan fingerprint density at radius 3 is 2.00 bits per heavy atom. The molecule has 0 aromatic carbocycles. The smallest absolute Gasteiger partial charge is 0.408 e. The van der Waals surface area contributed by atoms with E-state index in [1.54, 1.807) is 0 Å². The van der Waals surface area contributed by atoms with Gasteiger partial charge in [-0.2, -0.15) is 0 Å². The van der Waals surface area contributed by atoms with Crippen LogP contribution >= 0.6 is 0 Å². The van der Waals surface area contributed by atoms with Crippen molar-refractivity contribution in [2.75, 3.05) is 14.2 Å². The summed E-state index contributed by atoms with van der Waals surface area (Å²) >= 11 is 0. The van der Waals surface area contributed by atoms with Gasteiger partial charge in [0.05, 0.1) is 7.11 Å². The van der Waals surface area contributed by atoms with Gasteiger partial charge in [0.25, 0.3) is 0 Å². The number of nitrogens with two attached hydrogens (primary N) is 2. The van der Waals surface area contributed by atoms with Crippen LogP contribution in [0.1, 0.15) is 13.8 Å². The number of Topliss-reactive ketones (excluding diaryl/α,β-unsaturated/α-hetero) is 1. The Morgan fingerprint density at radius 2 is 1.73 bits per heavy atom. The van der Waals surface area contributed by atoms with Crippen LogP contribution in [0.15, 0.2) is 0 Å². The molecule has 0 fully saturated rings. The number of ketones is 1. The number of carbonyl (C=O) groups excluding carboxylic acids is 2. The summed E-state index contributed by atoms with van der Waals surface area (Å²) in [6.07, 6.45) is -0.860. The molecule has 0 spiro atoms. The molecule has 0 aliphatic heterocycles. The fraction of sp³-hybridized carbons (Fsp3) is 0.750. The molecule has 5 N–H and O–H groups in total. The van der Waals surface area contributed by atoms with Crippen molar-refractivity contribution in [3.63, 3.8) is 0 Å². The molecule has 0 heterocycles. The molecule has 0 bridgehead atoms. The molecule has 0 saturated heterocycles. The summed E-state index contributed by atoms with van der Waals surface area (Å²) in [5.41, 5.74) is 7.98. The number of nitrogens with one attached hydrogen (secondary N) is 1. The van der Waals surface area contributed by atoms with Gasteiger partial charge < -0.3 is 15.2 Å². The van der Waals surface area contributed by atoms with Gasteiger partial charge in [-0.1, -0.05) is 0 Å². The number of carbonyl (C=O) groups is 2. The number of alkyl carbamates (subject to hydrolysis) is 1. The lowest BCUT2D eigenvalue weighted by molar-refractivity contribution is -0.137. The lowest BCUT2D eigenvalue weighted by Crippen LogP contribution is -2.77. The van der Waals surface area contributed by atoms with Gasteiger partial charge in [-0.05, 0) is 13.8 Å². The predicted octanol–water partition coefficient (Wildman–Crippen LogP) is -1.09. The third kappa shape index (κ3) is 2.65. The molecule has 2 atom stereocenters. The lowest BCUT2D eigenvalue weighted by atomic mass is 9.95. The molecule has 0 aliphatic rings. The molecule has 0 aromatic heterocycles. The average Bonchev–Trinajstić information content (AvgIpc) is 2.16. The predicted molar refractivity (Wildman–Crippen MR) is 52.7 cm³/mol. The van der Waals surface area contributed by atoms with Crippen molar-refractivity contribution in [1.29, 1.82) is 0 Å². The minimum Gasteiger partial charge on any atom is -0.453 e. The van der Waals surface area contributed by atoms with Gasteiger partial charge in [-0.15, -0.1) is 0 Å². The van der Waals surface area contributed by atoms with Crippen molar-refractivity contribution in [2.45, 2.75) is 25.2 Å². The van der Waals surface area contributed by atoms with Gasteiger partial charge >= 0.3 is 6.09 Å². The zero-order valence-corrected chi connectivity index (χ0v) is 9.29. The van der Waals surface area contributed by atoms with Crippen molar-refractivity contribution in [3.8, 4) is 0 Å². The largest absolute Gasteiger partial charge is 0.453 e. The Labute approximate surface area is 88.1 Å². The van der Waals surface area contributed by atoms with Crippen LogP contribution in [0.25, 0.3) is 0 Å². The van der Waals surface area contributed by atoms with Crippen LogP contribution in [-0.4, -0.2) is 37.5 Å². The standard InChI is InChI=1S/C8H17N3O4/c1-5(12)8(10,7(2,9)15-4)11-6(13)14-3/h9-10H2,1-4H3,(H,11,13)/t7?,8-/m1/s1. The summed E-state index contributed by atoms with van der Waals surface area (Å²) in [7, 11) is 2.43. The van der Waals surface area contributed by atoms with E-state index < -0.39 is 23.3 Å². The van der Waals surface area contributed by atoms with Gasteiger partial charge in [-0.25, -0.2) is 4.79 Å². The van der Waals surface area contributed by atoms with Crippen LogP contribution in [0.4, 0.5) is 4.79 Å². The quantitative estimate of drug-likeness (QED) is 0.517. The third-order valence-corrected chi connectivity index (χ3v) is 2.25. The Hall–Kier alpha value is -1.18. The molecule has 7 heteroatoms. The highest BCUT2D eigenvalue weighted by Crippen LogP contribution is 2.16. The lowest BCUT2D eigenvalue weighted by Gasteiger charge is -2.40. The summed E-state index contributed by atoms with van der Waals surface area (Å²) in [5.74, 6) is -0.542. The zero-order chi connectivity index (χ0) is 12.3. The highest BCUT2D eigenvalue weighted by atomic mass is 16.5. The van der Waals surface area contributed by atoms with Crippen molar-refractivity contribution in [1.82, 2.24) is 5.32 Å². The molecule has 0 rings (SSSR count). The number of rotatable bonds is 4. The van der Waals surface area contributed by atoms with Crippen LogP contribution in [0.5, 0.6) is 0 Å². The molecular formula is C8H17N3O4. The minimum atomic E-state index is -1.84. The van der Waals surface area contributed by atoms with Crippen molar-refractivity contribution in [2.24, 2.45) is 11.5 Å². The third-order valence-electron chi connectivity index (χ3n) is 2.25. The first-order chi connectivity index (χ1) is 6.71. The number of methoxy groups -OCH3 is 2. The maximum atomic E-state index is 11.4. The first-order valence-electron chi connectivity index (χ1n) is 4.21. The summed E-state index contributed by atoms with van der Waals surface area (Å²) in [5, 5.41) is 2.15. The topological polar surface area (TPSA) is 117 Å². The maximum absolute atomic E-state index is 11.4. The number of ether oxygens (including phenoxy) is 2. The van der Waals surface area contributed by atoms with Crippen molar-refractivity contribution in [3.05, 3.63) is 0 Å². The first kappa shape index (κ1) is 13.8. The van der Waals surface area contributed by atoms with Crippen LogP contribution in [-0.2, 0) is 14.3 Å². The van der Waals surface area contributed by atoms with E-state index in [4.69, 9.17) is 16.2 Å². The molecule has 1 unspecified atom stereocenters. The van der Waals surface area contributed by atoms with Crippen LogP contribution in [0, 0.1) is 0 Å². The Bertz CT molecular complexity index is 267. The Balaban J connectivity index is 5.07. The van der Waals surface area contributed by atoms with E-state index in [9.17, 15) is 9.59 Å². The van der Waals surface area contributed by atoms with Crippen molar-refractivity contribution < 1.29 is 19.1 Å². The molecule has 0 radical (unpaired) electrons. The van der Waals surface area contributed by atoms with E-state index in [1.807, 2.05) is 0 Å². The zero-order valence-electron chi connectivity index (χ0n) is 9.29. The Kier molecular flexibility index (Phi) is 4.20. The molecule has 1 amide bonds. The fourth-order valence-corrected chi connectivity index (χ4v) is 0.935. The van der Waals surface area contributed by atoms with Gasteiger partial charge in [0.15, 0.2) is 17.2 Å². The van der Waals surface area contributed by atoms with Crippen LogP contribution < -0.4 is 16.8 Å². The maximum Gasteiger partial charge on any atom is 0.408 e. The number of amides is 1. The van der Waals surface area contributed by atoms with E-state index in [-0.39, 0.29) is 0 Å². The molecule has 0 aliphatic carbocycles. The second-order valence-corrected chi connectivity index (χ2v) is 3.29. The van der Waals surface area contributed by atoms with Gasteiger partial charge in [0.2, 0.25) is 0 Å². The van der Waals surface area contributed by atoms with E-state index in [0.29, 0.717) is 0 Å².